The van der Waals surface area contributed by atoms with Crippen molar-refractivity contribution in [2.24, 2.45) is 0 Å². The molecule has 27 heavy (non-hydrogen) atoms. The molecule has 0 aliphatic rings. The Hall–Kier alpha value is -0.850. The second kappa shape index (κ2) is 9.57. The number of aliphatic carboxylic acids is 1. The van der Waals surface area contributed by atoms with Gasteiger partial charge in [-0.25, -0.2) is 9.59 Å². The molecule has 0 aromatic heterocycles. The number of esters is 1. The van der Waals surface area contributed by atoms with Gasteiger partial charge in [-0.3, -0.25) is 9.59 Å². The minimum atomic E-state index is -4.25. The van der Waals surface area contributed by atoms with E-state index in [1.54, 1.807) is 45.2 Å². The smallest absolute Gasteiger partial charge is 0.378 e. The molecule has 13 heteroatoms. The number of anilines is 2. The van der Waals surface area contributed by atoms with E-state index in [0.29, 0.717) is 3.57 Å². The molecule has 1 aromatic carbocycles. The summed E-state index contributed by atoms with van der Waals surface area (Å²) < 4.78 is 31.7. The predicted molar refractivity (Wildman–Crippen MR) is 116 cm³/mol. The number of hydrogen-bond acceptors (Lipinski definition) is 5. The number of carboxylic acids is 1. The van der Waals surface area contributed by atoms with Crippen molar-refractivity contribution in [1.29, 1.82) is 0 Å². The van der Waals surface area contributed by atoms with Gasteiger partial charge in [0.15, 0.2) is 6.61 Å². The van der Waals surface area contributed by atoms with Crippen LogP contribution < -0.4 is 10.6 Å². The second-order valence-electron chi connectivity index (χ2n) is 5.02. The molecule has 0 atom stereocenters. The van der Waals surface area contributed by atoms with Crippen molar-refractivity contribution in [1.82, 2.24) is 0 Å². The van der Waals surface area contributed by atoms with Crippen molar-refractivity contribution >= 4 is 103 Å². The first-order valence-corrected chi connectivity index (χ1v) is 10.1. The van der Waals surface area contributed by atoms with Gasteiger partial charge in [0.25, 0.3) is 0 Å². The molecule has 0 saturated carbocycles. The van der Waals surface area contributed by atoms with Gasteiger partial charge >= 0.3 is 17.9 Å². The first-order chi connectivity index (χ1) is 12.3. The molecular weight excluding hydrogens is 711 g/mol. The first kappa shape index (κ1) is 24.2. The summed E-state index contributed by atoms with van der Waals surface area (Å²) in [5, 5.41) is 13.4. The van der Waals surface area contributed by atoms with Crippen LogP contribution in [0.3, 0.4) is 0 Å². The number of carbonyl (C=O) groups excluding carboxylic acids is 3. The molecule has 0 heterocycles. The van der Waals surface area contributed by atoms with Crippen LogP contribution in [0.25, 0.3) is 0 Å². The minimum absolute atomic E-state index is 0.185. The number of nitrogens with one attached hydrogen (secondary N) is 2. The summed E-state index contributed by atoms with van der Waals surface area (Å²) >= 11 is 5.30. The first-order valence-electron chi connectivity index (χ1n) is 6.83. The molecule has 1 aromatic rings. The maximum absolute atomic E-state index is 13.2. The van der Waals surface area contributed by atoms with Gasteiger partial charge in [-0.05, 0) is 67.8 Å². The number of benzene rings is 1. The lowest BCUT2D eigenvalue weighted by atomic mass is 10.1. The normalized spacial score (nSPS) is 10.9. The van der Waals surface area contributed by atoms with Crippen molar-refractivity contribution in [2.45, 2.75) is 19.8 Å². The van der Waals surface area contributed by atoms with Gasteiger partial charge in [-0.2, -0.15) is 8.78 Å². The second-order valence-corrected chi connectivity index (χ2v) is 8.25. The number of halogens is 5. The molecule has 2 amide bonds. The number of carboxylic acid groups (broad SMARTS) is 1. The SMILES string of the molecule is CC(=O)Nc1c(I)c(NC(C)=O)c(I)c(C(=O)OCC(F)(F)C(=O)O)c1I. The molecule has 1 rings (SSSR count). The molecule has 0 radical (unpaired) electrons. The molecule has 148 valence electrons. The lowest BCUT2D eigenvalue weighted by Crippen LogP contribution is -2.35. The fraction of sp³-hybridized carbons (Fsp3) is 0.286. The van der Waals surface area contributed by atoms with E-state index in [2.05, 4.69) is 15.4 Å². The number of rotatable bonds is 6. The van der Waals surface area contributed by atoms with E-state index in [9.17, 15) is 28.0 Å². The van der Waals surface area contributed by atoms with Crippen LogP contribution in [-0.4, -0.2) is 41.4 Å². The number of carbonyl (C=O) groups is 4. The average Bonchev–Trinajstić information content (AvgIpc) is 2.53. The van der Waals surface area contributed by atoms with Crippen molar-refractivity contribution in [2.75, 3.05) is 17.2 Å². The van der Waals surface area contributed by atoms with Crippen molar-refractivity contribution < 1.29 is 37.8 Å². The Balaban J connectivity index is 3.47. The summed E-state index contributed by atoms with van der Waals surface area (Å²) in [4.78, 5) is 45.7. The monoisotopic (exact) mass is 722 g/mol. The summed E-state index contributed by atoms with van der Waals surface area (Å²) in [7, 11) is 0. The maximum atomic E-state index is 13.2. The van der Waals surface area contributed by atoms with E-state index >= 15 is 0 Å². The third-order valence-electron chi connectivity index (χ3n) is 2.82. The summed E-state index contributed by atoms with van der Waals surface area (Å²) in [6.45, 7) is 0.797. The van der Waals surface area contributed by atoms with E-state index < -0.39 is 36.3 Å². The van der Waals surface area contributed by atoms with E-state index in [0.717, 1.165) is 0 Å². The van der Waals surface area contributed by atoms with Crippen LogP contribution in [0.1, 0.15) is 24.2 Å². The zero-order chi connectivity index (χ0) is 21.1. The fourth-order valence-electron chi connectivity index (χ4n) is 1.70. The highest BCUT2D eigenvalue weighted by molar-refractivity contribution is 14.1. The lowest BCUT2D eigenvalue weighted by molar-refractivity contribution is -0.170. The number of alkyl halides is 2. The fourth-order valence-corrected chi connectivity index (χ4v) is 5.85. The summed E-state index contributed by atoms with van der Waals surface area (Å²) in [6, 6.07) is 0. The number of ether oxygens (including phenoxy) is 1. The standard InChI is InChI=1S/C14H11F2I3N2O6/c1-4(22)20-10-7(17)6(8(18)11(9(10)19)21-5(2)23)12(24)27-3-14(15,16)13(25)26/h3H2,1-2H3,(H,20,22)(H,21,23)(H,25,26). The van der Waals surface area contributed by atoms with Crippen LogP contribution in [-0.2, 0) is 19.1 Å². The molecule has 0 fully saturated rings. The molecule has 0 spiro atoms. The van der Waals surface area contributed by atoms with Crippen molar-refractivity contribution in [3.05, 3.63) is 16.3 Å². The molecule has 0 saturated heterocycles. The van der Waals surface area contributed by atoms with Crippen molar-refractivity contribution in [3.8, 4) is 0 Å². The molecule has 0 bridgehead atoms. The summed E-state index contributed by atoms with van der Waals surface area (Å²) in [5.74, 6) is -8.83. The summed E-state index contributed by atoms with van der Waals surface area (Å²) in [6.07, 6.45) is 0. The van der Waals surface area contributed by atoms with Crippen LogP contribution in [0.5, 0.6) is 0 Å². The Bertz CT molecular complexity index is 789. The van der Waals surface area contributed by atoms with Gasteiger partial charge in [-0.1, -0.05) is 0 Å². The van der Waals surface area contributed by atoms with E-state index in [4.69, 9.17) is 5.11 Å². The predicted octanol–water partition coefficient (Wildman–Crippen LogP) is 3.29. The Morgan fingerprint density at radius 3 is 1.70 bits per heavy atom. The van der Waals surface area contributed by atoms with Gasteiger partial charge in [0.1, 0.15) is 0 Å². The average molecular weight is 722 g/mol. The van der Waals surface area contributed by atoms with Gasteiger partial charge in [0, 0.05) is 13.8 Å². The van der Waals surface area contributed by atoms with Crippen LogP contribution in [0.4, 0.5) is 20.2 Å². The van der Waals surface area contributed by atoms with Gasteiger partial charge in [-0.15, -0.1) is 0 Å². The van der Waals surface area contributed by atoms with Gasteiger partial charge < -0.3 is 20.5 Å². The number of hydrogen-bond donors (Lipinski definition) is 3. The molecular formula is C14H11F2I3N2O6. The van der Waals surface area contributed by atoms with Crippen LogP contribution in [0, 0.1) is 10.7 Å². The van der Waals surface area contributed by atoms with Crippen LogP contribution >= 0.6 is 67.8 Å². The van der Waals surface area contributed by atoms with Crippen molar-refractivity contribution in [3.63, 3.8) is 0 Å². The Morgan fingerprint density at radius 2 is 1.37 bits per heavy atom. The van der Waals surface area contributed by atoms with E-state index in [-0.39, 0.29) is 24.1 Å². The maximum Gasteiger partial charge on any atom is 0.378 e. The van der Waals surface area contributed by atoms with Crippen LogP contribution in [0.15, 0.2) is 0 Å². The molecule has 0 unspecified atom stereocenters. The highest BCUT2D eigenvalue weighted by Gasteiger charge is 2.41. The van der Waals surface area contributed by atoms with Crippen LogP contribution in [0.2, 0.25) is 0 Å². The molecule has 0 aliphatic carbocycles. The molecule has 0 aliphatic heterocycles. The summed E-state index contributed by atoms with van der Waals surface area (Å²) in [5.41, 5.74) is 0.180. The zero-order valence-corrected chi connectivity index (χ0v) is 20.1. The van der Waals surface area contributed by atoms with Gasteiger partial charge in [0.05, 0.1) is 27.6 Å². The van der Waals surface area contributed by atoms with E-state index in [1.165, 1.54) is 13.8 Å². The third kappa shape index (κ3) is 6.06. The highest BCUT2D eigenvalue weighted by Crippen LogP contribution is 2.39. The van der Waals surface area contributed by atoms with Gasteiger partial charge in [0.2, 0.25) is 11.8 Å². The number of amides is 2. The molecule has 8 nitrogen and oxygen atoms in total. The lowest BCUT2D eigenvalue weighted by Gasteiger charge is -2.19. The largest absolute Gasteiger partial charge is 0.477 e. The highest BCUT2D eigenvalue weighted by atomic mass is 127. The molecule has 3 N–H and O–H groups in total. The minimum Gasteiger partial charge on any atom is -0.477 e. The Morgan fingerprint density at radius 1 is 0.963 bits per heavy atom. The topological polar surface area (TPSA) is 122 Å². The Kier molecular flexibility index (Phi) is 8.57. The third-order valence-corrected chi connectivity index (χ3v) is 6.06. The quantitative estimate of drug-likeness (QED) is 0.307. The zero-order valence-electron chi connectivity index (χ0n) is 13.6. The van der Waals surface area contributed by atoms with E-state index in [1.807, 2.05) is 22.6 Å². The Labute approximate surface area is 192 Å².